The van der Waals surface area contributed by atoms with Crippen molar-refractivity contribution in [1.82, 2.24) is 15.3 Å². The molecule has 0 radical (unpaired) electrons. The Morgan fingerprint density at radius 3 is 2.31 bits per heavy atom. The van der Waals surface area contributed by atoms with Crippen molar-refractivity contribution in [2.75, 3.05) is 36.8 Å². The molecule has 0 unspecified atom stereocenters. The highest BCUT2D eigenvalue weighted by Crippen LogP contribution is 2.30. The van der Waals surface area contributed by atoms with Crippen LogP contribution in [0, 0.1) is 18.3 Å². The van der Waals surface area contributed by atoms with Gasteiger partial charge in [-0.2, -0.15) is 0 Å². The number of nitrogen functional groups attached to an aromatic ring is 1. The molecule has 6 nitrogen and oxygen atoms in total. The van der Waals surface area contributed by atoms with Crippen LogP contribution in [0.15, 0.2) is 30.6 Å². The van der Waals surface area contributed by atoms with Gasteiger partial charge < -0.3 is 21.4 Å². The summed E-state index contributed by atoms with van der Waals surface area (Å²) in [5, 5.41) is 12.1. The fourth-order valence-electron chi connectivity index (χ4n) is 4.53. The summed E-state index contributed by atoms with van der Waals surface area (Å²) in [6.45, 7) is 16.1. The van der Waals surface area contributed by atoms with Crippen molar-refractivity contribution in [3.05, 3.63) is 47.4 Å². The van der Waals surface area contributed by atoms with Crippen LogP contribution in [-0.4, -0.2) is 41.9 Å². The molecule has 4 N–H and O–H groups in total. The molecular weight excluding hydrogens is 432 g/mol. The SMILES string of the molecule is CC.CC.CCCc1cccc(N)c1.Cc1ncnc(N2CCNCC2)c1C(=N)C1CCCCC1. The standard InChI is InChI=1S/C16H25N5.C9H13N.2C2H6/c1-12-14(15(17)13-5-3-2-4-6-13)16(20-11-19-12)21-9-7-18-8-10-21;1-2-4-8-5-3-6-9(10)7-8;2*1-2/h11,13,17-18H,2-10H2,1H3;3,5-7H,2,4,10H2,1H3;2*1-2H3. The summed E-state index contributed by atoms with van der Waals surface area (Å²) in [7, 11) is 0. The molecule has 2 aromatic rings. The first-order valence-corrected chi connectivity index (χ1v) is 13.8. The number of nitrogens with one attached hydrogen (secondary N) is 2. The summed E-state index contributed by atoms with van der Waals surface area (Å²) >= 11 is 0. The van der Waals surface area contributed by atoms with Crippen LogP contribution in [0.1, 0.15) is 90.0 Å². The molecule has 0 bridgehead atoms. The van der Waals surface area contributed by atoms with Gasteiger partial charge in [0.1, 0.15) is 12.1 Å². The molecule has 35 heavy (non-hydrogen) atoms. The summed E-state index contributed by atoms with van der Waals surface area (Å²) in [4.78, 5) is 11.2. The predicted molar refractivity (Wildman–Crippen MR) is 153 cm³/mol. The smallest absolute Gasteiger partial charge is 0.141 e. The van der Waals surface area contributed by atoms with Crippen LogP contribution in [0.2, 0.25) is 0 Å². The number of nitrogens with two attached hydrogens (primary N) is 1. The van der Waals surface area contributed by atoms with E-state index in [1.54, 1.807) is 6.33 Å². The molecule has 1 saturated carbocycles. The van der Waals surface area contributed by atoms with E-state index in [4.69, 9.17) is 11.1 Å². The van der Waals surface area contributed by atoms with Gasteiger partial charge in [-0.3, -0.25) is 0 Å². The van der Waals surface area contributed by atoms with Crippen molar-refractivity contribution in [2.45, 2.75) is 86.5 Å². The average molecular weight is 483 g/mol. The molecule has 1 aliphatic carbocycles. The number of hydrogen-bond donors (Lipinski definition) is 3. The minimum absolute atomic E-state index is 0.394. The molecular formula is C29H50N6. The van der Waals surface area contributed by atoms with E-state index in [2.05, 4.69) is 33.2 Å². The summed E-state index contributed by atoms with van der Waals surface area (Å²) in [5.41, 5.74) is 10.5. The van der Waals surface area contributed by atoms with Crippen molar-refractivity contribution >= 4 is 17.2 Å². The lowest BCUT2D eigenvalue weighted by atomic mass is 9.83. The number of rotatable bonds is 5. The Hall–Kier alpha value is -2.47. The van der Waals surface area contributed by atoms with Crippen LogP contribution in [0.3, 0.4) is 0 Å². The second kappa shape index (κ2) is 17.9. The van der Waals surface area contributed by atoms with Crippen LogP contribution >= 0.6 is 0 Å². The van der Waals surface area contributed by atoms with E-state index in [-0.39, 0.29) is 0 Å². The van der Waals surface area contributed by atoms with Crippen molar-refractivity contribution < 1.29 is 0 Å². The topological polar surface area (TPSA) is 90.9 Å². The first kappa shape index (κ1) is 30.6. The molecule has 1 aromatic carbocycles. The van der Waals surface area contributed by atoms with Crippen molar-refractivity contribution in [2.24, 2.45) is 5.92 Å². The van der Waals surface area contributed by atoms with E-state index < -0.39 is 0 Å². The van der Waals surface area contributed by atoms with E-state index in [9.17, 15) is 0 Å². The minimum atomic E-state index is 0.394. The van der Waals surface area contributed by atoms with Gasteiger partial charge in [-0.05, 0) is 43.9 Å². The van der Waals surface area contributed by atoms with Crippen molar-refractivity contribution in [3.63, 3.8) is 0 Å². The van der Waals surface area contributed by atoms with Crippen LogP contribution in [0.5, 0.6) is 0 Å². The molecule has 1 aliphatic heterocycles. The van der Waals surface area contributed by atoms with E-state index in [1.807, 2.05) is 52.8 Å². The third kappa shape index (κ3) is 9.96. The zero-order valence-electron chi connectivity index (χ0n) is 23.2. The second-order valence-electron chi connectivity index (χ2n) is 8.64. The number of hydrogen-bond acceptors (Lipinski definition) is 6. The van der Waals surface area contributed by atoms with Gasteiger partial charge >= 0.3 is 0 Å². The highest BCUT2D eigenvalue weighted by Gasteiger charge is 2.26. The van der Waals surface area contributed by atoms with Crippen LogP contribution in [0.4, 0.5) is 11.5 Å². The fourth-order valence-corrected chi connectivity index (χ4v) is 4.53. The van der Waals surface area contributed by atoms with Gasteiger partial charge in [0.15, 0.2) is 0 Å². The number of anilines is 2. The Bertz CT molecular complexity index is 839. The van der Waals surface area contributed by atoms with Gasteiger partial charge in [-0.25, -0.2) is 9.97 Å². The Morgan fingerprint density at radius 1 is 1.06 bits per heavy atom. The summed E-state index contributed by atoms with van der Waals surface area (Å²) in [6, 6.07) is 8.06. The fraction of sp³-hybridized carbons (Fsp3) is 0.621. The third-order valence-corrected chi connectivity index (χ3v) is 6.21. The number of piperazine rings is 1. The van der Waals surface area contributed by atoms with E-state index in [1.165, 1.54) is 31.2 Å². The zero-order valence-corrected chi connectivity index (χ0v) is 23.2. The van der Waals surface area contributed by atoms with Gasteiger partial charge in [0.05, 0.1) is 11.3 Å². The van der Waals surface area contributed by atoms with Crippen LogP contribution in [-0.2, 0) is 6.42 Å². The number of nitrogens with zero attached hydrogens (tertiary/aromatic N) is 3. The lowest BCUT2D eigenvalue weighted by Crippen LogP contribution is -2.44. The summed E-state index contributed by atoms with van der Waals surface area (Å²) in [6.07, 6.45) is 10.1. The first-order valence-electron chi connectivity index (χ1n) is 13.8. The van der Waals surface area contributed by atoms with Gasteiger partial charge in [-0.1, -0.05) is 72.4 Å². The summed E-state index contributed by atoms with van der Waals surface area (Å²) in [5.74, 6) is 1.37. The Labute approximate surface area is 214 Å². The quantitative estimate of drug-likeness (QED) is 0.338. The molecule has 1 aromatic heterocycles. The van der Waals surface area contributed by atoms with E-state index >= 15 is 0 Å². The Kier molecular flexibility index (Phi) is 15.6. The Morgan fingerprint density at radius 2 is 1.71 bits per heavy atom. The molecule has 0 atom stereocenters. The molecule has 2 aliphatic rings. The number of aromatic nitrogens is 2. The van der Waals surface area contributed by atoms with Gasteiger partial charge in [0.2, 0.25) is 0 Å². The van der Waals surface area contributed by atoms with E-state index in [0.29, 0.717) is 5.92 Å². The lowest BCUT2D eigenvalue weighted by molar-refractivity contribution is 0.438. The zero-order chi connectivity index (χ0) is 26.1. The normalized spacial score (nSPS) is 15.4. The van der Waals surface area contributed by atoms with Gasteiger partial charge in [0, 0.05) is 43.5 Å². The molecule has 196 valence electrons. The van der Waals surface area contributed by atoms with Gasteiger partial charge in [0.25, 0.3) is 0 Å². The average Bonchev–Trinajstić information content (AvgIpc) is 2.92. The van der Waals surface area contributed by atoms with Crippen LogP contribution in [0.25, 0.3) is 0 Å². The highest BCUT2D eigenvalue weighted by atomic mass is 15.2. The number of aryl methyl sites for hydroxylation is 2. The lowest BCUT2D eigenvalue weighted by Gasteiger charge is -2.31. The molecule has 0 spiro atoms. The molecule has 0 amide bonds. The first-order chi connectivity index (χ1) is 17.1. The van der Waals surface area contributed by atoms with E-state index in [0.717, 1.165) is 73.9 Å². The molecule has 1 saturated heterocycles. The third-order valence-electron chi connectivity index (χ3n) is 6.21. The molecule has 2 heterocycles. The summed E-state index contributed by atoms with van der Waals surface area (Å²) < 4.78 is 0. The maximum Gasteiger partial charge on any atom is 0.141 e. The van der Waals surface area contributed by atoms with Crippen molar-refractivity contribution in [1.29, 1.82) is 5.41 Å². The minimum Gasteiger partial charge on any atom is -0.399 e. The number of benzene rings is 1. The second-order valence-corrected chi connectivity index (χ2v) is 8.64. The van der Waals surface area contributed by atoms with Crippen LogP contribution < -0.4 is 16.0 Å². The molecule has 6 heteroatoms. The largest absolute Gasteiger partial charge is 0.399 e. The maximum atomic E-state index is 8.70. The van der Waals surface area contributed by atoms with Crippen molar-refractivity contribution in [3.8, 4) is 0 Å². The molecule has 4 rings (SSSR count). The van der Waals surface area contributed by atoms with Gasteiger partial charge in [-0.15, -0.1) is 0 Å². The Balaban J connectivity index is 0.000000368. The predicted octanol–water partition coefficient (Wildman–Crippen LogP) is 6.42. The monoisotopic (exact) mass is 482 g/mol. The molecule has 2 fully saturated rings. The highest BCUT2D eigenvalue weighted by molar-refractivity contribution is 6.04. The maximum absolute atomic E-state index is 8.70.